The minimum atomic E-state index is 0.222. The van der Waals surface area contributed by atoms with Crippen LogP contribution in [0.15, 0.2) is 24.3 Å². The molecule has 3 rings (SSSR count). The van der Waals surface area contributed by atoms with Crippen molar-refractivity contribution in [3.05, 3.63) is 29.3 Å². The lowest BCUT2D eigenvalue weighted by molar-refractivity contribution is -0.127. The summed E-state index contributed by atoms with van der Waals surface area (Å²) in [6.07, 6.45) is 2.41. The zero-order valence-electron chi connectivity index (χ0n) is 11.5. The molecule has 0 aromatic heterocycles. The predicted octanol–water partition coefficient (Wildman–Crippen LogP) is 3.99. The number of nitrogens with zero attached hydrogens (tertiary/aromatic N) is 1. The number of fused-ring (bicyclic) bond motifs is 1. The molecule has 1 aromatic carbocycles. The molecule has 1 aromatic rings. The van der Waals surface area contributed by atoms with Crippen molar-refractivity contribution in [3.63, 3.8) is 0 Å². The van der Waals surface area contributed by atoms with Crippen LogP contribution in [0, 0.1) is 23.7 Å². The van der Waals surface area contributed by atoms with E-state index in [1.165, 1.54) is 12.8 Å². The second-order valence-electron chi connectivity index (χ2n) is 6.15. The van der Waals surface area contributed by atoms with Crippen molar-refractivity contribution in [1.82, 2.24) is 0 Å². The van der Waals surface area contributed by atoms with E-state index in [-0.39, 0.29) is 5.92 Å². The van der Waals surface area contributed by atoms with Gasteiger partial charge in [-0.2, -0.15) is 0 Å². The van der Waals surface area contributed by atoms with E-state index in [1.54, 1.807) is 0 Å². The lowest BCUT2D eigenvalue weighted by Gasteiger charge is -2.40. The van der Waals surface area contributed by atoms with E-state index in [1.807, 2.05) is 29.2 Å². The Bertz CT molecular complexity index is 484. The third kappa shape index (κ3) is 2.16. The van der Waals surface area contributed by atoms with Gasteiger partial charge >= 0.3 is 0 Å². The molecule has 0 unspecified atom stereocenters. The fourth-order valence-electron chi connectivity index (χ4n) is 3.85. The average Bonchev–Trinajstić information content (AvgIpc) is 2.78. The Labute approximate surface area is 119 Å². The highest BCUT2D eigenvalue weighted by molar-refractivity contribution is 6.30. The monoisotopic (exact) mass is 277 g/mol. The molecule has 1 aliphatic heterocycles. The summed E-state index contributed by atoms with van der Waals surface area (Å²) in [6.45, 7) is 5.35. The Morgan fingerprint density at radius 3 is 2.47 bits per heavy atom. The van der Waals surface area contributed by atoms with E-state index < -0.39 is 0 Å². The molecule has 1 heterocycles. The van der Waals surface area contributed by atoms with Gasteiger partial charge in [-0.15, -0.1) is 0 Å². The molecule has 3 heteroatoms. The first-order chi connectivity index (χ1) is 9.08. The summed E-state index contributed by atoms with van der Waals surface area (Å²) >= 11 is 5.92. The van der Waals surface area contributed by atoms with Gasteiger partial charge in [-0.3, -0.25) is 4.79 Å². The third-order valence-electron chi connectivity index (χ3n) is 4.92. The molecule has 4 atom stereocenters. The fourth-order valence-corrected chi connectivity index (χ4v) is 3.97. The molecular formula is C16H20ClNO. The zero-order chi connectivity index (χ0) is 13.6. The minimum absolute atomic E-state index is 0.222. The minimum Gasteiger partial charge on any atom is -0.312 e. The number of carbonyl (C=O) groups excluding carboxylic acids is 1. The lowest BCUT2D eigenvalue weighted by atomic mass is 9.77. The molecule has 1 amide bonds. The van der Waals surface area contributed by atoms with Crippen molar-refractivity contribution >= 4 is 23.2 Å². The molecule has 102 valence electrons. The highest BCUT2D eigenvalue weighted by atomic mass is 35.5. The van der Waals surface area contributed by atoms with Gasteiger partial charge in [0.15, 0.2) is 0 Å². The molecule has 2 fully saturated rings. The van der Waals surface area contributed by atoms with E-state index in [2.05, 4.69) is 13.8 Å². The van der Waals surface area contributed by atoms with Crippen molar-refractivity contribution < 1.29 is 4.79 Å². The largest absolute Gasteiger partial charge is 0.312 e. The smallest absolute Gasteiger partial charge is 0.230 e. The van der Waals surface area contributed by atoms with Crippen molar-refractivity contribution in [2.24, 2.45) is 23.7 Å². The molecule has 2 aliphatic rings. The van der Waals surface area contributed by atoms with Crippen molar-refractivity contribution in [1.29, 1.82) is 0 Å². The number of benzene rings is 1. The number of rotatable bonds is 1. The summed E-state index contributed by atoms with van der Waals surface area (Å²) in [5.41, 5.74) is 0.985. The Morgan fingerprint density at radius 2 is 1.79 bits per heavy atom. The molecule has 0 bridgehead atoms. The number of hydrogen-bond acceptors (Lipinski definition) is 1. The molecule has 19 heavy (non-hydrogen) atoms. The van der Waals surface area contributed by atoms with Crippen LogP contribution in [0.2, 0.25) is 5.02 Å². The van der Waals surface area contributed by atoms with Crippen LogP contribution in [0.5, 0.6) is 0 Å². The van der Waals surface area contributed by atoms with Gasteiger partial charge in [0.05, 0.1) is 0 Å². The molecule has 0 radical (unpaired) electrons. The summed E-state index contributed by atoms with van der Waals surface area (Å²) in [7, 11) is 0. The highest BCUT2D eigenvalue weighted by Gasteiger charge is 2.47. The van der Waals surface area contributed by atoms with Gasteiger partial charge in [0.2, 0.25) is 5.91 Å². The van der Waals surface area contributed by atoms with Crippen LogP contribution >= 0.6 is 11.6 Å². The maximum atomic E-state index is 12.7. The number of piperidine rings is 1. The SMILES string of the molecule is C[C@@H]1CN(c2ccc(Cl)cc2)C(=O)[C@H]2[C@@H]1CC[C@@H]2C. The summed E-state index contributed by atoms with van der Waals surface area (Å²) < 4.78 is 0. The summed E-state index contributed by atoms with van der Waals surface area (Å²) in [4.78, 5) is 14.7. The van der Waals surface area contributed by atoms with E-state index in [4.69, 9.17) is 11.6 Å². The summed E-state index contributed by atoms with van der Waals surface area (Å²) in [5.74, 6) is 2.24. The Balaban J connectivity index is 1.90. The van der Waals surface area contributed by atoms with Crippen LogP contribution in [-0.4, -0.2) is 12.5 Å². The quantitative estimate of drug-likeness (QED) is 0.760. The first kappa shape index (κ1) is 13.0. The summed E-state index contributed by atoms with van der Waals surface area (Å²) in [5, 5.41) is 0.716. The average molecular weight is 278 g/mol. The van der Waals surface area contributed by atoms with Gasteiger partial charge in [0, 0.05) is 23.2 Å². The maximum absolute atomic E-state index is 12.7. The van der Waals surface area contributed by atoms with Crippen LogP contribution in [0.25, 0.3) is 0 Å². The summed E-state index contributed by atoms with van der Waals surface area (Å²) in [6, 6.07) is 7.62. The van der Waals surface area contributed by atoms with Gasteiger partial charge in [-0.05, 0) is 54.9 Å². The topological polar surface area (TPSA) is 20.3 Å². The number of halogens is 1. The fraction of sp³-hybridized carbons (Fsp3) is 0.562. The molecule has 0 N–H and O–H groups in total. The predicted molar refractivity (Wildman–Crippen MR) is 78.3 cm³/mol. The van der Waals surface area contributed by atoms with Crippen molar-refractivity contribution in [2.75, 3.05) is 11.4 Å². The van der Waals surface area contributed by atoms with Gasteiger partial charge in [0.25, 0.3) is 0 Å². The van der Waals surface area contributed by atoms with Gasteiger partial charge in [0.1, 0.15) is 0 Å². The molecular weight excluding hydrogens is 258 g/mol. The van der Waals surface area contributed by atoms with E-state index in [9.17, 15) is 4.79 Å². The second kappa shape index (κ2) is 4.82. The Kier molecular flexibility index (Phi) is 3.30. The van der Waals surface area contributed by atoms with E-state index in [0.717, 1.165) is 12.2 Å². The van der Waals surface area contributed by atoms with Crippen LogP contribution in [0.1, 0.15) is 26.7 Å². The molecule has 0 spiro atoms. The van der Waals surface area contributed by atoms with Gasteiger partial charge in [-0.1, -0.05) is 25.4 Å². The Hall–Kier alpha value is -1.02. The number of carbonyl (C=O) groups is 1. The van der Waals surface area contributed by atoms with Gasteiger partial charge < -0.3 is 4.90 Å². The maximum Gasteiger partial charge on any atom is 0.230 e. The first-order valence-corrected chi connectivity index (χ1v) is 7.52. The number of hydrogen-bond donors (Lipinski definition) is 0. The molecule has 1 saturated carbocycles. The Morgan fingerprint density at radius 1 is 1.11 bits per heavy atom. The molecule has 2 nitrogen and oxygen atoms in total. The highest BCUT2D eigenvalue weighted by Crippen LogP contribution is 2.46. The zero-order valence-corrected chi connectivity index (χ0v) is 12.2. The van der Waals surface area contributed by atoms with Crippen LogP contribution in [-0.2, 0) is 4.79 Å². The van der Waals surface area contributed by atoms with Crippen LogP contribution in [0.3, 0.4) is 0 Å². The number of anilines is 1. The first-order valence-electron chi connectivity index (χ1n) is 7.15. The van der Waals surface area contributed by atoms with Crippen molar-refractivity contribution in [2.45, 2.75) is 26.7 Å². The van der Waals surface area contributed by atoms with E-state index in [0.29, 0.717) is 28.7 Å². The number of amides is 1. The van der Waals surface area contributed by atoms with E-state index >= 15 is 0 Å². The van der Waals surface area contributed by atoms with Crippen LogP contribution in [0.4, 0.5) is 5.69 Å². The second-order valence-corrected chi connectivity index (χ2v) is 6.58. The standard InChI is InChI=1S/C16H20ClNO/c1-10-3-8-14-11(2)9-18(16(19)15(10)14)13-6-4-12(17)5-7-13/h4-7,10-11,14-15H,3,8-9H2,1-2H3/t10-,11+,14+,15+/m0/s1. The lowest BCUT2D eigenvalue weighted by Crippen LogP contribution is -2.49. The third-order valence-corrected chi connectivity index (χ3v) is 5.17. The van der Waals surface area contributed by atoms with Gasteiger partial charge in [-0.25, -0.2) is 0 Å². The molecule has 1 saturated heterocycles. The molecule has 1 aliphatic carbocycles. The van der Waals surface area contributed by atoms with Crippen LogP contribution < -0.4 is 4.90 Å². The normalized spacial score (nSPS) is 34.5. The van der Waals surface area contributed by atoms with Crippen molar-refractivity contribution in [3.8, 4) is 0 Å².